The van der Waals surface area contributed by atoms with Crippen molar-refractivity contribution < 1.29 is 24.3 Å². The van der Waals surface area contributed by atoms with E-state index in [1.54, 1.807) is 0 Å². The van der Waals surface area contributed by atoms with Crippen LogP contribution in [0.15, 0.2) is 18.2 Å². The number of nitrogens with zero attached hydrogens (tertiary/aromatic N) is 1. The van der Waals surface area contributed by atoms with Gasteiger partial charge in [-0.15, -0.1) is 0 Å². The highest BCUT2D eigenvalue weighted by molar-refractivity contribution is 5.77. The number of hydrogen-bond acceptors (Lipinski definition) is 4. The summed E-state index contributed by atoms with van der Waals surface area (Å²) >= 11 is 0. The van der Waals surface area contributed by atoms with E-state index in [-0.39, 0.29) is 12.0 Å². The van der Waals surface area contributed by atoms with Gasteiger partial charge in [-0.05, 0) is 18.6 Å². The molecule has 0 aliphatic carbocycles. The normalized spacial score (nSPS) is 14.1. The predicted molar refractivity (Wildman–Crippen MR) is 55.0 cm³/mol. The molecule has 0 aromatic heterocycles. The molecule has 0 aliphatic heterocycles. The van der Waals surface area contributed by atoms with Gasteiger partial charge in [-0.1, -0.05) is 6.07 Å². The Hall–Kier alpha value is -2.02. The summed E-state index contributed by atoms with van der Waals surface area (Å²) in [7, 11) is 0. The van der Waals surface area contributed by atoms with Crippen LogP contribution >= 0.6 is 0 Å². The van der Waals surface area contributed by atoms with Crippen LogP contribution in [0.25, 0.3) is 0 Å². The second-order valence-electron chi connectivity index (χ2n) is 3.80. The highest BCUT2D eigenvalue weighted by Crippen LogP contribution is 2.21. The van der Waals surface area contributed by atoms with E-state index in [0.29, 0.717) is 0 Å². The minimum absolute atomic E-state index is 0.172. The number of carboxylic acid groups (broad SMARTS) is 1. The van der Waals surface area contributed by atoms with Crippen molar-refractivity contribution in [1.82, 2.24) is 0 Å². The van der Waals surface area contributed by atoms with Crippen LogP contribution in [-0.4, -0.2) is 26.7 Å². The van der Waals surface area contributed by atoms with Gasteiger partial charge in [0.05, 0.1) is 4.92 Å². The van der Waals surface area contributed by atoms with E-state index >= 15 is 0 Å². The van der Waals surface area contributed by atoms with Crippen molar-refractivity contribution in [1.29, 1.82) is 0 Å². The van der Waals surface area contributed by atoms with Gasteiger partial charge < -0.3 is 10.2 Å². The molecule has 0 saturated carbocycles. The number of aliphatic hydroxyl groups is 1. The lowest BCUT2D eigenvalue weighted by molar-refractivity contribution is -0.387. The first-order valence-electron chi connectivity index (χ1n) is 4.62. The maximum Gasteiger partial charge on any atom is 0.335 e. The highest BCUT2D eigenvalue weighted by atomic mass is 19.1. The molecule has 1 aromatic rings. The van der Waals surface area contributed by atoms with E-state index in [1.807, 2.05) is 0 Å². The zero-order valence-electron chi connectivity index (χ0n) is 8.88. The monoisotopic (exact) mass is 243 g/mol. The van der Waals surface area contributed by atoms with Gasteiger partial charge in [0.2, 0.25) is 5.82 Å². The first-order valence-corrected chi connectivity index (χ1v) is 4.62. The third-order valence-corrected chi connectivity index (χ3v) is 2.22. The Balaban J connectivity index is 3.05. The number of aliphatic carboxylic acids is 1. The maximum atomic E-state index is 13.0. The molecule has 1 rings (SSSR count). The molecule has 0 fully saturated rings. The average Bonchev–Trinajstić information content (AvgIpc) is 2.20. The molecule has 0 radical (unpaired) electrons. The second kappa shape index (κ2) is 4.46. The quantitative estimate of drug-likeness (QED) is 0.609. The van der Waals surface area contributed by atoms with Crippen LogP contribution in [0, 0.1) is 15.9 Å². The van der Waals surface area contributed by atoms with Gasteiger partial charge in [-0.25, -0.2) is 4.79 Å². The summed E-state index contributed by atoms with van der Waals surface area (Å²) in [6.07, 6.45) is -0.344. The molecule has 0 spiro atoms. The summed E-state index contributed by atoms with van der Waals surface area (Å²) in [6.45, 7) is 1.06. The molecule has 1 unspecified atom stereocenters. The van der Waals surface area contributed by atoms with E-state index in [2.05, 4.69) is 0 Å². The third kappa shape index (κ3) is 2.97. The molecule has 0 amide bonds. The fraction of sp³-hybridized carbons (Fsp3) is 0.300. The Morgan fingerprint density at radius 3 is 2.65 bits per heavy atom. The minimum atomic E-state index is -2.05. The summed E-state index contributed by atoms with van der Waals surface area (Å²) < 4.78 is 13.0. The van der Waals surface area contributed by atoms with E-state index in [0.717, 1.165) is 19.1 Å². The molecule has 0 heterocycles. The van der Waals surface area contributed by atoms with Crippen molar-refractivity contribution in [2.75, 3.05) is 0 Å². The number of carbonyl (C=O) groups is 1. The van der Waals surface area contributed by atoms with Gasteiger partial charge in [0.15, 0.2) is 5.60 Å². The molecule has 6 nitrogen and oxygen atoms in total. The van der Waals surface area contributed by atoms with Crippen LogP contribution in [0.1, 0.15) is 12.5 Å². The van der Waals surface area contributed by atoms with Crippen molar-refractivity contribution in [3.63, 3.8) is 0 Å². The number of nitro benzene ring substituents is 1. The lowest BCUT2D eigenvalue weighted by atomic mass is 9.96. The van der Waals surface area contributed by atoms with Gasteiger partial charge in [0.25, 0.3) is 0 Å². The molecule has 92 valence electrons. The first kappa shape index (κ1) is 13.0. The van der Waals surface area contributed by atoms with Gasteiger partial charge in [0.1, 0.15) is 0 Å². The van der Waals surface area contributed by atoms with E-state index < -0.39 is 28.0 Å². The Morgan fingerprint density at radius 1 is 1.59 bits per heavy atom. The van der Waals surface area contributed by atoms with Crippen LogP contribution in [0.2, 0.25) is 0 Å². The zero-order chi connectivity index (χ0) is 13.2. The van der Waals surface area contributed by atoms with Crippen molar-refractivity contribution in [3.8, 4) is 0 Å². The topological polar surface area (TPSA) is 101 Å². The van der Waals surface area contributed by atoms with Crippen molar-refractivity contribution in [2.24, 2.45) is 0 Å². The Morgan fingerprint density at radius 2 is 2.18 bits per heavy atom. The van der Waals surface area contributed by atoms with Gasteiger partial charge in [0, 0.05) is 12.5 Å². The maximum absolute atomic E-state index is 13.0. The molecule has 0 saturated heterocycles. The van der Waals surface area contributed by atoms with E-state index in [1.165, 1.54) is 6.07 Å². The Bertz CT molecular complexity index is 472. The fourth-order valence-electron chi connectivity index (χ4n) is 1.28. The standard InChI is InChI=1S/C10H10FNO5/c1-10(15,9(13)14)5-6-2-3-7(11)8(4-6)12(16)17/h2-4,15H,5H2,1H3,(H,13,14). The SMILES string of the molecule is CC(O)(Cc1ccc(F)c([N+](=O)[O-])c1)C(=O)O. The average molecular weight is 243 g/mol. The van der Waals surface area contributed by atoms with Crippen molar-refractivity contribution in [2.45, 2.75) is 18.9 Å². The molecule has 7 heteroatoms. The molecular formula is C10H10FNO5. The van der Waals surface area contributed by atoms with Crippen LogP contribution in [-0.2, 0) is 11.2 Å². The number of benzene rings is 1. The Kier molecular flexibility index (Phi) is 3.42. The van der Waals surface area contributed by atoms with Crippen LogP contribution in [0.4, 0.5) is 10.1 Å². The van der Waals surface area contributed by atoms with Crippen LogP contribution in [0.5, 0.6) is 0 Å². The number of rotatable bonds is 4. The molecule has 2 N–H and O–H groups in total. The summed E-state index contributed by atoms with van der Waals surface area (Å²) in [5.41, 5.74) is -2.62. The number of nitro groups is 1. The summed E-state index contributed by atoms with van der Waals surface area (Å²) in [5, 5.41) is 28.6. The first-order chi connectivity index (χ1) is 7.74. The number of carboxylic acids is 1. The Labute approximate surface area is 95.5 Å². The van der Waals surface area contributed by atoms with E-state index in [4.69, 9.17) is 5.11 Å². The third-order valence-electron chi connectivity index (χ3n) is 2.22. The summed E-state index contributed by atoms with van der Waals surface area (Å²) in [5.74, 6) is -2.46. The van der Waals surface area contributed by atoms with Gasteiger partial charge in [-0.2, -0.15) is 4.39 Å². The van der Waals surface area contributed by atoms with Crippen LogP contribution < -0.4 is 0 Å². The molecule has 1 atom stereocenters. The predicted octanol–water partition coefficient (Wildman–Crippen LogP) is 1.11. The minimum Gasteiger partial charge on any atom is -0.479 e. The largest absolute Gasteiger partial charge is 0.479 e. The fourth-order valence-corrected chi connectivity index (χ4v) is 1.28. The van der Waals surface area contributed by atoms with E-state index in [9.17, 15) is 24.4 Å². The lowest BCUT2D eigenvalue weighted by Gasteiger charge is -2.17. The van der Waals surface area contributed by atoms with Gasteiger partial charge >= 0.3 is 11.7 Å². The zero-order valence-corrected chi connectivity index (χ0v) is 8.88. The summed E-state index contributed by atoms with van der Waals surface area (Å²) in [6, 6.07) is 2.97. The van der Waals surface area contributed by atoms with Crippen LogP contribution in [0.3, 0.4) is 0 Å². The molecular weight excluding hydrogens is 233 g/mol. The smallest absolute Gasteiger partial charge is 0.335 e. The molecule has 0 aliphatic rings. The lowest BCUT2D eigenvalue weighted by Crippen LogP contribution is -2.37. The number of halogens is 1. The molecule has 17 heavy (non-hydrogen) atoms. The van der Waals surface area contributed by atoms with Crippen molar-refractivity contribution >= 4 is 11.7 Å². The molecule has 0 bridgehead atoms. The second-order valence-corrected chi connectivity index (χ2v) is 3.80. The highest BCUT2D eigenvalue weighted by Gasteiger charge is 2.30. The molecule has 1 aromatic carbocycles. The van der Waals surface area contributed by atoms with Gasteiger partial charge in [-0.3, -0.25) is 10.1 Å². The summed E-state index contributed by atoms with van der Waals surface area (Å²) in [4.78, 5) is 20.2. The number of hydrogen-bond donors (Lipinski definition) is 2. The van der Waals surface area contributed by atoms with Crippen molar-refractivity contribution in [3.05, 3.63) is 39.7 Å².